The average Bonchev–Trinajstić information content (AvgIpc) is 2.77. The third kappa shape index (κ3) is 3.00. The number of hydrogen-bond donors (Lipinski definition) is 0. The van der Waals surface area contributed by atoms with Crippen molar-refractivity contribution in [1.82, 2.24) is 4.31 Å². The molecule has 0 aromatic carbocycles. The summed E-state index contributed by atoms with van der Waals surface area (Å²) in [5.74, 6) is 0. The summed E-state index contributed by atoms with van der Waals surface area (Å²) >= 11 is 8.02. The smallest absolute Gasteiger partial charge is 0.206 e. The van der Waals surface area contributed by atoms with Gasteiger partial charge in [0.25, 0.3) is 10.0 Å². The SMILES string of the molecule is O=S(=O)(c1sccc1Br)N1CCCCC1CCBr. The maximum absolute atomic E-state index is 12.6. The maximum atomic E-state index is 12.6. The van der Waals surface area contributed by atoms with Crippen molar-refractivity contribution in [1.29, 1.82) is 0 Å². The molecule has 0 saturated carbocycles. The monoisotopic (exact) mass is 415 g/mol. The molecular weight excluding hydrogens is 402 g/mol. The molecule has 102 valence electrons. The van der Waals surface area contributed by atoms with Crippen LogP contribution in [-0.4, -0.2) is 30.6 Å². The molecule has 1 saturated heterocycles. The summed E-state index contributed by atoms with van der Waals surface area (Å²) in [4.78, 5) is 0. The van der Waals surface area contributed by atoms with Gasteiger partial charge in [0.1, 0.15) is 4.21 Å². The van der Waals surface area contributed by atoms with E-state index in [9.17, 15) is 8.42 Å². The summed E-state index contributed by atoms with van der Waals surface area (Å²) in [6.07, 6.45) is 3.92. The minimum atomic E-state index is -3.34. The lowest BCUT2D eigenvalue weighted by Crippen LogP contribution is -2.43. The Labute approximate surface area is 129 Å². The predicted octanol–water partition coefficient (Wildman–Crippen LogP) is 3.84. The predicted molar refractivity (Wildman–Crippen MR) is 82.0 cm³/mol. The van der Waals surface area contributed by atoms with Crippen molar-refractivity contribution in [3.63, 3.8) is 0 Å². The van der Waals surface area contributed by atoms with E-state index in [0.717, 1.165) is 31.0 Å². The fraction of sp³-hybridized carbons (Fsp3) is 0.636. The van der Waals surface area contributed by atoms with Crippen LogP contribution in [0.3, 0.4) is 0 Å². The van der Waals surface area contributed by atoms with Gasteiger partial charge in [-0.25, -0.2) is 8.42 Å². The number of sulfonamides is 1. The van der Waals surface area contributed by atoms with Crippen LogP contribution in [0.25, 0.3) is 0 Å². The molecule has 2 heterocycles. The fourth-order valence-corrected chi connectivity index (χ4v) is 6.95. The minimum Gasteiger partial charge on any atom is -0.206 e. The molecular formula is C11H15Br2NO2S2. The number of alkyl halides is 1. The average molecular weight is 417 g/mol. The summed E-state index contributed by atoms with van der Waals surface area (Å²) in [6.45, 7) is 0.643. The van der Waals surface area contributed by atoms with Crippen LogP contribution in [0.1, 0.15) is 25.7 Å². The largest absolute Gasteiger partial charge is 0.253 e. The first-order chi connectivity index (χ1) is 8.57. The highest BCUT2D eigenvalue weighted by atomic mass is 79.9. The molecule has 1 aliphatic rings. The van der Waals surface area contributed by atoms with Crippen molar-refractivity contribution in [2.45, 2.75) is 35.9 Å². The number of thiophene rings is 1. The van der Waals surface area contributed by atoms with E-state index in [1.807, 2.05) is 0 Å². The Morgan fingerprint density at radius 3 is 2.83 bits per heavy atom. The van der Waals surface area contributed by atoms with Gasteiger partial charge in [0.2, 0.25) is 0 Å². The molecule has 1 aromatic rings. The van der Waals surface area contributed by atoms with Crippen LogP contribution >= 0.6 is 43.2 Å². The van der Waals surface area contributed by atoms with E-state index in [0.29, 0.717) is 15.2 Å². The van der Waals surface area contributed by atoms with Crippen molar-refractivity contribution in [2.75, 3.05) is 11.9 Å². The third-order valence-corrected chi connectivity index (χ3v) is 8.20. The first kappa shape index (κ1) is 15.0. The van der Waals surface area contributed by atoms with Gasteiger partial charge in [-0.2, -0.15) is 4.31 Å². The minimum absolute atomic E-state index is 0.136. The Bertz CT molecular complexity index is 499. The number of piperidine rings is 1. The van der Waals surface area contributed by atoms with Gasteiger partial charge in [-0.1, -0.05) is 22.4 Å². The highest BCUT2D eigenvalue weighted by molar-refractivity contribution is 9.10. The van der Waals surface area contributed by atoms with Gasteiger partial charge in [0.05, 0.1) is 0 Å². The molecule has 0 aliphatic carbocycles. The van der Waals surface area contributed by atoms with Gasteiger partial charge in [-0.15, -0.1) is 11.3 Å². The molecule has 0 bridgehead atoms. The molecule has 18 heavy (non-hydrogen) atoms. The van der Waals surface area contributed by atoms with E-state index < -0.39 is 10.0 Å². The van der Waals surface area contributed by atoms with Crippen molar-refractivity contribution < 1.29 is 8.42 Å². The summed E-state index contributed by atoms with van der Waals surface area (Å²) in [7, 11) is -3.34. The molecule has 2 rings (SSSR count). The van der Waals surface area contributed by atoms with Gasteiger partial charge in [-0.3, -0.25) is 0 Å². The molecule has 7 heteroatoms. The molecule has 0 spiro atoms. The zero-order valence-electron chi connectivity index (χ0n) is 9.81. The maximum Gasteiger partial charge on any atom is 0.253 e. The van der Waals surface area contributed by atoms with Crippen molar-refractivity contribution in [2.24, 2.45) is 0 Å². The molecule has 0 radical (unpaired) electrons. The third-order valence-electron chi connectivity index (χ3n) is 3.14. The standard InChI is InChI=1S/C11H15Br2NO2S2/c12-6-4-9-3-1-2-7-14(9)18(15,16)11-10(13)5-8-17-11/h5,8-9H,1-4,6-7H2. The number of hydrogen-bond acceptors (Lipinski definition) is 3. The zero-order chi connectivity index (χ0) is 13.2. The van der Waals surface area contributed by atoms with Gasteiger partial charge in [-0.05, 0) is 46.6 Å². The second kappa shape index (κ2) is 6.35. The Morgan fingerprint density at radius 1 is 1.44 bits per heavy atom. The zero-order valence-corrected chi connectivity index (χ0v) is 14.6. The van der Waals surface area contributed by atoms with Gasteiger partial charge < -0.3 is 0 Å². The first-order valence-corrected chi connectivity index (χ1v) is 10.1. The molecule has 0 N–H and O–H groups in total. The second-order valence-electron chi connectivity index (χ2n) is 4.30. The van der Waals surface area contributed by atoms with E-state index in [-0.39, 0.29) is 6.04 Å². The van der Waals surface area contributed by atoms with E-state index in [1.165, 1.54) is 11.3 Å². The van der Waals surface area contributed by atoms with Crippen molar-refractivity contribution >= 4 is 53.2 Å². The lowest BCUT2D eigenvalue weighted by Gasteiger charge is -2.34. The summed E-state index contributed by atoms with van der Waals surface area (Å²) in [5.41, 5.74) is 0. The summed E-state index contributed by atoms with van der Waals surface area (Å²) in [5, 5.41) is 2.65. The van der Waals surface area contributed by atoms with E-state index in [4.69, 9.17) is 0 Å². The van der Waals surface area contributed by atoms with E-state index >= 15 is 0 Å². The molecule has 1 aromatic heterocycles. The van der Waals surface area contributed by atoms with Crippen molar-refractivity contribution in [3.05, 3.63) is 15.9 Å². The molecule has 3 nitrogen and oxygen atoms in total. The van der Waals surface area contributed by atoms with Crippen LogP contribution in [0.5, 0.6) is 0 Å². The van der Waals surface area contributed by atoms with E-state index in [1.54, 1.807) is 15.8 Å². The van der Waals surface area contributed by atoms with Gasteiger partial charge >= 0.3 is 0 Å². The molecule has 0 amide bonds. The lowest BCUT2D eigenvalue weighted by atomic mass is 10.0. The Balaban J connectivity index is 2.30. The Morgan fingerprint density at radius 2 is 2.22 bits per heavy atom. The Kier molecular flexibility index (Phi) is 5.28. The molecule has 1 atom stereocenters. The summed E-state index contributed by atoms with van der Waals surface area (Å²) in [6, 6.07) is 1.93. The molecule has 1 fully saturated rings. The van der Waals surface area contributed by atoms with Crippen LogP contribution in [0.15, 0.2) is 20.1 Å². The quantitative estimate of drug-likeness (QED) is 0.699. The van der Waals surface area contributed by atoms with Crippen LogP contribution < -0.4 is 0 Å². The van der Waals surface area contributed by atoms with Crippen LogP contribution in [-0.2, 0) is 10.0 Å². The van der Waals surface area contributed by atoms with E-state index in [2.05, 4.69) is 31.9 Å². The summed E-state index contributed by atoms with van der Waals surface area (Å²) < 4.78 is 28.1. The number of rotatable bonds is 4. The second-order valence-corrected chi connectivity index (χ2v) is 8.95. The van der Waals surface area contributed by atoms with Crippen LogP contribution in [0, 0.1) is 0 Å². The highest BCUT2D eigenvalue weighted by Gasteiger charge is 2.34. The normalized spacial score (nSPS) is 22.2. The number of nitrogens with zero attached hydrogens (tertiary/aromatic N) is 1. The lowest BCUT2D eigenvalue weighted by molar-refractivity contribution is 0.248. The first-order valence-electron chi connectivity index (χ1n) is 5.88. The van der Waals surface area contributed by atoms with Crippen molar-refractivity contribution in [3.8, 4) is 0 Å². The van der Waals surface area contributed by atoms with Crippen LogP contribution in [0.4, 0.5) is 0 Å². The fourth-order valence-electron chi connectivity index (χ4n) is 2.28. The highest BCUT2D eigenvalue weighted by Crippen LogP contribution is 2.34. The number of halogens is 2. The van der Waals surface area contributed by atoms with Gasteiger partial charge in [0.15, 0.2) is 0 Å². The molecule has 1 unspecified atom stereocenters. The van der Waals surface area contributed by atoms with Gasteiger partial charge in [0, 0.05) is 22.4 Å². The Hall–Kier alpha value is 0.570. The topological polar surface area (TPSA) is 37.4 Å². The van der Waals surface area contributed by atoms with Crippen LogP contribution in [0.2, 0.25) is 0 Å². The molecule has 1 aliphatic heterocycles.